The van der Waals surface area contributed by atoms with Crippen LogP contribution in [0, 0.1) is 5.41 Å². The number of hydrogen-bond acceptors (Lipinski definition) is 4. The fourth-order valence-electron chi connectivity index (χ4n) is 3.70. The zero-order valence-electron chi connectivity index (χ0n) is 15.3. The van der Waals surface area contributed by atoms with Crippen molar-refractivity contribution in [3.63, 3.8) is 0 Å². The molecule has 28 heavy (non-hydrogen) atoms. The van der Waals surface area contributed by atoms with E-state index in [4.69, 9.17) is 0 Å². The minimum Gasteiger partial charge on any atom is -0.274 e. The van der Waals surface area contributed by atoms with Crippen LogP contribution in [0.5, 0.6) is 0 Å². The lowest BCUT2D eigenvalue weighted by Gasteiger charge is -2.19. The van der Waals surface area contributed by atoms with Crippen LogP contribution < -0.4 is 9.80 Å². The summed E-state index contributed by atoms with van der Waals surface area (Å²) in [5.41, 5.74) is 0.0720. The minimum absolute atomic E-state index is 0.0446. The Labute approximate surface area is 162 Å². The summed E-state index contributed by atoms with van der Waals surface area (Å²) in [7, 11) is 0. The molecule has 0 bridgehead atoms. The van der Waals surface area contributed by atoms with Crippen LogP contribution in [0.3, 0.4) is 0 Å². The summed E-state index contributed by atoms with van der Waals surface area (Å²) in [6.45, 7) is 1.63. The molecule has 2 aromatic rings. The Morgan fingerprint density at radius 2 is 1.32 bits per heavy atom. The van der Waals surface area contributed by atoms with Gasteiger partial charge in [-0.2, -0.15) is 0 Å². The molecule has 2 aliphatic rings. The number of nitrogens with zero attached hydrogens (tertiary/aromatic N) is 2. The molecule has 2 aromatic carbocycles. The van der Waals surface area contributed by atoms with Gasteiger partial charge in [0.05, 0.1) is 23.2 Å². The van der Waals surface area contributed by atoms with Crippen molar-refractivity contribution in [2.75, 3.05) is 9.80 Å². The Morgan fingerprint density at radius 3 is 1.89 bits per heavy atom. The van der Waals surface area contributed by atoms with E-state index in [2.05, 4.69) is 0 Å². The maximum atomic E-state index is 13.0. The van der Waals surface area contributed by atoms with Crippen molar-refractivity contribution >= 4 is 35.0 Å². The fourth-order valence-corrected chi connectivity index (χ4v) is 3.70. The molecule has 1 atom stereocenters. The van der Waals surface area contributed by atoms with Crippen LogP contribution in [0.4, 0.5) is 11.4 Å². The first-order valence-corrected chi connectivity index (χ1v) is 8.97. The molecular weight excluding hydrogens is 356 g/mol. The fraction of sp³-hybridized carbons (Fsp3) is 0.182. The van der Waals surface area contributed by atoms with Crippen LogP contribution in [0.25, 0.3) is 0 Å². The lowest BCUT2D eigenvalue weighted by molar-refractivity contribution is -0.124. The van der Waals surface area contributed by atoms with Gasteiger partial charge in [-0.1, -0.05) is 42.5 Å². The zero-order chi connectivity index (χ0) is 19.9. The smallest absolute Gasteiger partial charge is 0.261 e. The first kappa shape index (κ1) is 17.9. The van der Waals surface area contributed by atoms with Gasteiger partial charge >= 0.3 is 0 Å². The number of rotatable bonds is 3. The average molecular weight is 374 g/mol. The molecule has 140 valence electrons. The lowest BCUT2D eigenvalue weighted by atomic mass is 9.86. The average Bonchev–Trinajstić information content (AvgIpc) is 3.08. The maximum absolute atomic E-state index is 13.0. The molecule has 6 heteroatoms. The van der Waals surface area contributed by atoms with Gasteiger partial charge in [-0.05, 0) is 31.2 Å². The molecule has 1 unspecified atom stereocenters. The van der Waals surface area contributed by atoms with E-state index in [0.29, 0.717) is 11.4 Å². The number of imide groups is 2. The van der Waals surface area contributed by atoms with E-state index >= 15 is 0 Å². The Bertz CT molecular complexity index is 1010. The molecule has 2 heterocycles. The van der Waals surface area contributed by atoms with Crippen LogP contribution in [-0.4, -0.2) is 23.6 Å². The van der Waals surface area contributed by atoms with Crippen molar-refractivity contribution in [2.45, 2.75) is 19.8 Å². The number of carbonyl (C=O) groups is 4. The van der Waals surface area contributed by atoms with Crippen molar-refractivity contribution < 1.29 is 19.2 Å². The van der Waals surface area contributed by atoms with Crippen molar-refractivity contribution in [1.82, 2.24) is 0 Å². The summed E-state index contributed by atoms with van der Waals surface area (Å²) >= 11 is 0. The molecule has 2 aliphatic heterocycles. The number of para-hydroxylation sites is 2. The molecular formula is C22H18N2O4. The summed E-state index contributed by atoms with van der Waals surface area (Å²) in [5.74, 6) is -1.51. The highest BCUT2D eigenvalue weighted by atomic mass is 16.2. The second kappa shape index (κ2) is 6.56. The first-order chi connectivity index (χ1) is 13.4. The largest absolute Gasteiger partial charge is 0.274 e. The summed E-state index contributed by atoms with van der Waals surface area (Å²) in [5, 5.41) is 0. The normalized spacial score (nSPS) is 24.0. The topological polar surface area (TPSA) is 74.8 Å². The van der Waals surface area contributed by atoms with E-state index in [1.165, 1.54) is 6.08 Å². The highest BCUT2D eigenvalue weighted by molar-refractivity contribution is 6.29. The van der Waals surface area contributed by atoms with Crippen molar-refractivity contribution in [1.29, 1.82) is 0 Å². The van der Waals surface area contributed by atoms with Crippen LogP contribution in [-0.2, 0) is 19.2 Å². The highest BCUT2D eigenvalue weighted by Gasteiger charge is 2.49. The second-order valence-electron chi connectivity index (χ2n) is 7.18. The molecule has 4 amide bonds. The molecule has 2 saturated heterocycles. The summed E-state index contributed by atoms with van der Waals surface area (Å²) < 4.78 is 0. The first-order valence-electron chi connectivity index (χ1n) is 8.97. The number of carbonyl (C=O) groups excluding carboxylic acids is 4. The van der Waals surface area contributed by atoms with Crippen molar-refractivity contribution in [3.8, 4) is 0 Å². The number of hydrogen-bond donors (Lipinski definition) is 0. The third-order valence-corrected chi connectivity index (χ3v) is 5.05. The van der Waals surface area contributed by atoms with Crippen LogP contribution in [0.15, 0.2) is 72.3 Å². The number of amides is 4. The number of anilines is 2. The van der Waals surface area contributed by atoms with Gasteiger partial charge in [0.15, 0.2) is 0 Å². The Kier molecular flexibility index (Phi) is 4.19. The van der Waals surface area contributed by atoms with Crippen LogP contribution >= 0.6 is 0 Å². The molecule has 0 radical (unpaired) electrons. The third-order valence-electron chi connectivity index (χ3n) is 5.05. The Balaban J connectivity index is 1.65. The summed E-state index contributed by atoms with van der Waals surface area (Å²) in [6, 6.07) is 17.3. The van der Waals surface area contributed by atoms with E-state index in [1.54, 1.807) is 67.6 Å². The van der Waals surface area contributed by atoms with Gasteiger partial charge in [-0.3, -0.25) is 19.2 Å². The highest BCUT2D eigenvalue weighted by Crippen LogP contribution is 2.39. The quantitative estimate of drug-likeness (QED) is 0.612. The molecule has 0 saturated carbocycles. The predicted molar refractivity (Wildman–Crippen MR) is 103 cm³/mol. The van der Waals surface area contributed by atoms with Gasteiger partial charge in [-0.25, -0.2) is 9.80 Å². The molecule has 0 aliphatic carbocycles. The Morgan fingerprint density at radius 1 is 0.786 bits per heavy atom. The maximum Gasteiger partial charge on any atom is 0.261 e. The van der Waals surface area contributed by atoms with Gasteiger partial charge in [0.25, 0.3) is 5.91 Å². The van der Waals surface area contributed by atoms with Crippen molar-refractivity contribution in [2.24, 2.45) is 5.41 Å². The van der Waals surface area contributed by atoms with E-state index in [-0.39, 0.29) is 30.2 Å². The predicted octanol–water partition coefficient (Wildman–Crippen LogP) is 2.85. The summed E-state index contributed by atoms with van der Waals surface area (Å²) in [6.07, 6.45) is 1.37. The van der Waals surface area contributed by atoms with Crippen LogP contribution in [0.2, 0.25) is 0 Å². The summed E-state index contributed by atoms with van der Waals surface area (Å²) in [4.78, 5) is 53.0. The number of benzene rings is 2. The monoisotopic (exact) mass is 374 g/mol. The van der Waals surface area contributed by atoms with E-state index in [9.17, 15) is 19.2 Å². The molecule has 4 rings (SSSR count). The van der Waals surface area contributed by atoms with Crippen molar-refractivity contribution in [3.05, 3.63) is 72.3 Å². The lowest BCUT2D eigenvalue weighted by Crippen LogP contribution is -2.34. The molecule has 0 N–H and O–H groups in total. The van der Waals surface area contributed by atoms with E-state index in [0.717, 1.165) is 9.80 Å². The zero-order valence-corrected chi connectivity index (χ0v) is 15.3. The van der Waals surface area contributed by atoms with E-state index < -0.39 is 17.2 Å². The molecule has 2 fully saturated rings. The van der Waals surface area contributed by atoms with E-state index in [1.807, 2.05) is 0 Å². The van der Waals surface area contributed by atoms with Gasteiger partial charge in [0.1, 0.15) is 0 Å². The molecule has 6 nitrogen and oxygen atoms in total. The second-order valence-corrected chi connectivity index (χ2v) is 7.18. The minimum atomic E-state index is -1.16. The molecule has 0 spiro atoms. The Hall–Kier alpha value is -3.54. The van der Waals surface area contributed by atoms with Gasteiger partial charge in [0.2, 0.25) is 17.7 Å². The molecule has 0 aromatic heterocycles. The SMILES string of the molecule is CC1(C=C2CC(=O)N(c3ccccc3)C2=O)CC(=O)N(c2ccccc2)C1=O. The van der Waals surface area contributed by atoms with Gasteiger partial charge in [0, 0.05) is 12.0 Å². The van der Waals surface area contributed by atoms with Crippen LogP contribution in [0.1, 0.15) is 19.8 Å². The van der Waals surface area contributed by atoms with Gasteiger partial charge < -0.3 is 0 Å². The standard InChI is InChI=1S/C22H18N2O4/c1-22(14-19(26)24(21(22)28)17-10-6-3-7-11-17)13-15-12-18(25)23(20(15)27)16-8-4-2-5-9-16/h2-11,13H,12,14H2,1H3. The third kappa shape index (κ3) is 2.83. The van der Waals surface area contributed by atoms with Gasteiger partial charge in [-0.15, -0.1) is 0 Å².